The minimum absolute atomic E-state index is 0.0448. The van der Waals surface area contributed by atoms with Gasteiger partial charge in [-0.25, -0.2) is 14.4 Å². The minimum atomic E-state index is -1.39. The highest BCUT2D eigenvalue weighted by atomic mass is 16.6. The molecule has 1 heterocycles. The van der Waals surface area contributed by atoms with E-state index in [2.05, 4.69) is 14.4 Å². The number of carbonyl (C=O) groups excluding carboxylic acids is 2. The summed E-state index contributed by atoms with van der Waals surface area (Å²) in [5.41, 5.74) is -0.798. The lowest BCUT2D eigenvalue weighted by atomic mass is 10.2. The summed E-state index contributed by atoms with van der Waals surface area (Å²) in [5, 5.41) is 12.2. The average Bonchev–Trinajstić information content (AvgIpc) is 2.81. The van der Waals surface area contributed by atoms with Gasteiger partial charge < -0.3 is 14.4 Å². The van der Waals surface area contributed by atoms with E-state index >= 15 is 0 Å². The normalized spacial score (nSPS) is 10.1. The van der Waals surface area contributed by atoms with Crippen LogP contribution in [0, 0.1) is 6.92 Å². The number of aromatic nitrogens is 1. The van der Waals surface area contributed by atoms with Crippen molar-refractivity contribution in [3.8, 4) is 0 Å². The molecule has 102 valence electrons. The molecular formula is C13H9NO6. The maximum Gasteiger partial charge on any atom is 0.369 e. The van der Waals surface area contributed by atoms with Gasteiger partial charge in [0, 0.05) is 0 Å². The molecule has 0 saturated carbocycles. The Hall–Kier alpha value is -2.96. The van der Waals surface area contributed by atoms with Crippen LogP contribution in [-0.4, -0.2) is 28.2 Å². The third-order valence-electron chi connectivity index (χ3n) is 2.46. The van der Waals surface area contributed by atoms with Crippen LogP contribution in [0.4, 0.5) is 0 Å². The van der Waals surface area contributed by atoms with Crippen LogP contribution in [0.25, 0.3) is 0 Å². The molecule has 2 aromatic rings. The van der Waals surface area contributed by atoms with Crippen LogP contribution >= 0.6 is 0 Å². The van der Waals surface area contributed by atoms with Crippen LogP contribution in [0.5, 0.6) is 0 Å². The van der Waals surface area contributed by atoms with Gasteiger partial charge in [-0.15, -0.1) is 0 Å². The van der Waals surface area contributed by atoms with Crippen LogP contribution in [0.15, 0.2) is 34.9 Å². The topological polar surface area (TPSA) is 107 Å². The van der Waals surface area contributed by atoms with Crippen molar-refractivity contribution in [1.82, 2.24) is 5.16 Å². The summed E-state index contributed by atoms with van der Waals surface area (Å²) < 4.78 is 9.19. The van der Waals surface area contributed by atoms with Crippen LogP contribution in [0.2, 0.25) is 0 Å². The molecule has 2 rings (SSSR count). The zero-order valence-electron chi connectivity index (χ0n) is 10.3. The first-order valence-corrected chi connectivity index (χ1v) is 5.52. The SMILES string of the molecule is Cc1onc(C(=O)OC(=O)c2ccccc2)c1C(=O)O. The molecule has 1 N–H and O–H groups in total. The van der Waals surface area contributed by atoms with E-state index in [4.69, 9.17) is 5.11 Å². The number of carbonyl (C=O) groups is 3. The number of rotatable bonds is 3. The summed E-state index contributed by atoms with van der Waals surface area (Å²) >= 11 is 0. The molecule has 0 aliphatic carbocycles. The standard InChI is InChI=1S/C13H9NO6/c1-7-9(11(15)16)10(14-20-7)13(18)19-12(17)8-5-3-2-4-6-8/h2-6H,1H3,(H,15,16). The molecule has 0 radical (unpaired) electrons. The monoisotopic (exact) mass is 275 g/mol. The molecule has 0 saturated heterocycles. The fraction of sp³-hybridized carbons (Fsp3) is 0.0769. The van der Waals surface area contributed by atoms with Gasteiger partial charge in [0.1, 0.15) is 11.3 Å². The van der Waals surface area contributed by atoms with Crippen LogP contribution in [0.1, 0.15) is 37.0 Å². The molecule has 0 fully saturated rings. The molecule has 0 amide bonds. The summed E-state index contributed by atoms with van der Waals surface area (Å²) in [4.78, 5) is 34.4. The molecule has 0 aliphatic rings. The molecule has 0 bridgehead atoms. The molecule has 7 nitrogen and oxygen atoms in total. The Morgan fingerprint density at radius 2 is 1.80 bits per heavy atom. The van der Waals surface area contributed by atoms with Crippen molar-refractivity contribution >= 4 is 17.9 Å². The van der Waals surface area contributed by atoms with E-state index in [1.807, 2.05) is 0 Å². The van der Waals surface area contributed by atoms with Crippen molar-refractivity contribution < 1.29 is 28.8 Å². The summed E-state index contributed by atoms with van der Waals surface area (Å²) in [7, 11) is 0. The lowest BCUT2D eigenvalue weighted by molar-refractivity contribution is 0.0385. The number of ether oxygens (including phenoxy) is 1. The fourth-order valence-electron chi connectivity index (χ4n) is 1.53. The molecule has 0 atom stereocenters. The first-order valence-electron chi connectivity index (χ1n) is 5.52. The van der Waals surface area contributed by atoms with Gasteiger partial charge in [0.15, 0.2) is 0 Å². The largest absolute Gasteiger partial charge is 0.477 e. The predicted molar refractivity (Wildman–Crippen MR) is 64.4 cm³/mol. The number of carboxylic acid groups (broad SMARTS) is 1. The molecule has 0 spiro atoms. The zero-order chi connectivity index (χ0) is 14.7. The molecule has 1 aromatic heterocycles. The third kappa shape index (κ3) is 2.56. The maximum absolute atomic E-state index is 11.7. The number of hydrogen-bond donors (Lipinski definition) is 1. The number of aromatic carboxylic acids is 1. The number of benzene rings is 1. The maximum atomic E-state index is 11.7. The second-order valence-corrected chi connectivity index (χ2v) is 3.81. The number of carboxylic acids is 1. The van der Waals surface area contributed by atoms with E-state index in [0.717, 1.165) is 0 Å². The van der Waals surface area contributed by atoms with Gasteiger partial charge in [0.25, 0.3) is 0 Å². The summed E-state index contributed by atoms with van der Waals surface area (Å²) in [6.07, 6.45) is 0. The summed E-state index contributed by atoms with van der Waals surface area (Å²) in [6.45, 7) is 1.34. The van der Waals surface area contributed by atoms with Gasteiger partial charge in [0.2, 0.25) is 5.69 Å². The lowest BCUT2D eigenvalue weighted by Crippen LogP contribution is -2.16. The number of aryl methyl sites for hydroxylation is 1. The van der Waals surface area contributed by atoms with Crippen LogP contribution < -0.4 is 0 Å². The molecular weight excluding hydrogens is 266 g/mol. The smallest absolute Gasteiger partial charge is 0.369 e. The highest BCUT2D eigenvalue weighted by Crippen LogP contribution is 2.15. The number of hydrogen-bond acceptors (Lipinski definition) is 6. The Kier molecular flexibility index (Phi) is 3.60. The van der Waals surface area contributed by atoms with Crippen molar-refractivity contribution in [3.63, 3.8) is 0 Å². The van der Waals surface area contributed by atoms with E-state index in [1.54, 1.807) is 18.2 Å². The van der Waals surface area contributed by atoms with Crippen molar-refractivity contribution in [2.24, 2.45) is 0 Å². The van der Waals surface area contributed by atoms with E-state index < -0.39 is 29.2 Å². The van der Waals surface area contributed by atoms with E-state index in [9.17, 15) is 14.4 Å². The Morgan fingerprint density at radius 1 is 1.15 bits per heavy atom. The molecule has 1 aromatic carbocycles. The first kappa shape index (κ1) is 13.5. The van der Waals surface area contributed by atoms with E-state index in [-0.39, 0.29) is 11.3 Å². The molecule has 20 heavy (non-hydrogen) atoms. The van der Waals surface area contributed by atoms with Gasteiger partial charge in [0.05, 0.1) is 5.56 Å². The molecule has 7 heteroatoms. The van der Waals surface area contributed by atoms with Crippen molar-refractivity contribution in [2.75, 3.05) is 0 Å². The highest BCUT2D eigenvalue weighted by molar-refractivity contribution is 6.06. The summed E-state index contributed by atoms with van der Waals surface area (Å²) in [6, 6.07) is 7.82. The van der Waals surface area contributed by atoms with Crippen LogP contribution in [-0.2, 0) is 4.74 Å². The number of nitrogens with zero attached hydrogens (tertiary/aromatic N) is 1. The van der Waals surface area contributed by atoms with Gasteiger partial charge in [-0.05, 0) is 19.1 Å². The van der Waals surface area contributed by atoms with E-state index in [0.29, 0.717) is 0 Å². The lowest BCUT2D eigenvalue weighted by Gasteiger charge is -2.01. The third-order valence-corrected chi connectivity index (χ3v) is 2.46. The predicted octanol–water partition coefficient (Wildman–Crippen LogP) is 1.68. The quantitative estimate of drug-likeness (QED) is 0.670. The van der Waals surface area contributed by atoms with Gasteiger partial charge in [-0.1, -0.05) is 23.4 Å². The minimum Gasteiger partial charge on any atom is -0.477 e. The fourth-order valence-corrected chi connectivity index (χ4v) is 1.53. The van der Waals surface area contributed by atoms with Gasteiger partial charge >= 0.3 is 17.9 Å². The second-order valence-electron chi connectivity index (χ2n) is 3.81. The summed E-state index contributed by atoms with van der Waals surface area (Å²) in [5.74, 6) is -3.50. The molecule has 0 unspecified atom stereocenters. The highest BCUT2D eigenvalue weighted by Gasteiger charge is 2.28. The molecule has 0 aliphatic heterocycles. The Morgan fingerprint density at radius 3 is 2.40 bits per heavy atom. The average molecular weight is 275 g/mol. The van der Waals surface area contributed by atoms with Crippen molar-refractivity contribution in [3.05, 3.63) is 52.9 Å². The Bertz CT molecular complexity index is 673. The van der Waals surface area contributed by atoms with Crippen molar-refractivity contribution in [1.29, 1.82) is 0 Å². The van der Waals surface area contributed by atoms with Crippen LogP contribution in [0.3, 0.4) is 0 Å². The van der Waals surface area contributed by atoms with Gasteiger partial charge in [-0.2, -0.15) is 0 Å². The Labute approximate surface area is 112 Å². The van der Waals surface area contributed by atoms with Gasteiger partial charge in [-0.3, -0.25) is 0 Å². The van der Waals surface area contributed by atoms with Crippen molar-refractivity contribution in [2.45, 2.75) is 6.92 Å². The van der Waals surface area contributed by atoms with E-state index in [1.165, 1.54) is 19.1 Å². The first-order chi connectivity index (χ1) is 9.50. The zero-order valence-corrected chi connectivity index (χ0v) is 10.3. The number of esters is 2. The second kappa shape index (κ2) is 5.35. The Balaban J connectivity index is 2.21.